The van der Waals surface area contributed by atoms with Crippen LogP contribution < -0.4 is 10.3 Å². The zero-order valence-corrected chi connectivity index (χ0v) is 16.9. The van der Waals surface area contributed by atoms with E-state index in [2.05, 4.69) is 31.9 Å². The monoisotopic (exact) mass is 398 g/mol. The first-order valence-electron chi connectivity index (χ1n) is 9.35. The van der Waals surface area contributed by atoms with Crippen LogP contribution in [0.1, 0.15) is 17.7 Å². The molecule has 0 atom stereocenters. The number of hydrogen-bond donors (Lipinski definition) is 1. The van der Waals surface area contributed by atoms with E-state index in [9.17, 15) is 4.39 Å². The maximum Gasteiger partial charge on any atom is 0.225 e. The van der Waals surface area contributed by atoms with E-state index in [1.54, 1.807) is 12.1 Å². The summed E-state index contributed by atoms with van der Waals surface area (Å²) in [7, 11) is 1.93. The molecule has 2 aliphatic heterocycles. The van der Waals surface area contributed by atoms with Crippen molar-refractivity contribution in [3.63, 3.8) is 0 Å². The Labute approximate surface area is 168 Å². The molecule has 8 heteroatoms. The first-order chi connectivity index (χ1) is 13.6. The Morgan fingerprint density at radius 1 is 1.32 bits per heavy atom. The zero-order valence-electron chi connectivity index (χ0n) is 16.1. The predicted octanol–water partition coefficient (Wildman–Crippen LogP) is 3.85. The number of allylic oxidation sites excluding steroid dienone is 1. The van der Waals surface area contributed by atoms with Crippen LogP contribution in [0.15, 0.2) is 41.6 Å². The summed E-state index contributed by atoms with van der Waals surface area (Å²) in [6, 6.07) is 3.65. The third-order valence-corrected chi connectivity index (χ3v) is 5.93. The maximum atomic E-state index is 14.7. The minimum Gasteiger partial charge on any atom is -0.357 e. The van der Waals surface area contributed by atoms with Gasteiger partial charge in [0.2, 0.25) is 5.95 Å². The van der Waals surface area contributed by atoms with Gasteiger partial charge >= 0.3 is 0 Å². The Morgan fingerprint density at radius 3 is 2.75 bits per heavy atom. The lowest BCUT2D eigenvalue weighted by atomic mass is 10.2. The predicted molar refractivity (Wildman–Crippen MR) is 113 cm³/mol. The van der Waals surface area contributed by atoms with Gasteiger partial charge in [-0.15, -0.1) is 11.3 Å². The van der Waals surface area contributed by atoms with Gasteiger partial charge in [-0.05, 0) is 44.1 Å². The molecule has 0 bridgehead atoms. The van der Waals surface area contributed by atoms with Crippen molar-refractivity contribution in [3.8, 4) is 10.6 Å². The molecule has 1 saturated heterocycles. The van der Waals surface area contributed by atoms with Gasteiger partial charge in [-0.2, -0.15) is 4.39 Å². The summed E-state index contributed by atoms with van der Waals surface area (Å²) in [6.45, 7) is 8.43. The van der Waals surface area contributed by atoms with Gasteiger partial charge in [0, 0.05) is 31.6 Å². The van der Waals surface area contributed by atoms with Crippen LogP contribution in [0.4, 0.5) is 16.0 Å². The zero-order chi connectivity index (χ0) is 19.7. The number of anilines is 1. The highest BCUT2D eigenvalue weighted by atomic mass is 32.1. The molecule has 2 aromatic heterocycles. The smallest absolute Gasteiger partial charge is 0.225 e. The Hall–Kier alpha value is -2.58. The summed E-state index contributed by atoms with van der Waals surface area (Å²) >= 11 is 1.42. The summed E-state index contributed by atoms with van der Waals surface area (Å²) in [5.41, 5.74) is 5.28. The largest absolute Gasteiger partial charge is 0.357 e. The second-order valence-electron chi connectivity index (χ2n) is 6.81. The number of rotatable bonds is 5. The van der Waals surface area contributed by atoms with Crippen LogP contribution in [0.25, 0.3) is 10.6 Å². The molecule has 146 valence electrons. The van der Waals surface area contributed by atoms with Gasteiger partial charge in [-0.1, -0.05) is 6.58 Å². The third kappa shape index (κ3) is 3.57. The van der Waals surface area contributed by atoms with E-state index in [-0.39, 0.29) is 0 Å². The van der Waals surface area contributed by atoms with E-state index in [4.69, 9.17) is 0 Å². The van der Waals surface area contributed by atoms with Gasteiger partial charge in [0.05, 0.1) is 17.0 Å². The minimum atomic E-state index is -0.486. The molecule has 1 N–H and O–H groups in total. The molecule has 0 aliphatic carbocycles. The van der Waals surface area contributed by atoms with Crippen molar-refractivity contribution in [2.45, 2.75) is 19.8 Å². The molecule has 2 aliphatic rings. The lowest BCUT2D eigenvalue weighted by Crippen LogP contribution is -2.29. The number of hydrogen-bond acceptors (Lipinski definition) is 7. The van der Waals surface area contributed by atoms with Crippen LogP contribution in [-0.2, 0) is 0 Å². The maximum absolute atomic E-state index is 14.7. The minimum absolute atomic E-state index is 0.413. The fourth-order valence-electron chi connectivity index (χ4n) is 3.41. The molecular weight excluding hydrogens is 375 g/mol. The average Bonchev–Trinajstić information content (AvgIpc) is 3.42. The highest BCUT2D eigenvalue weighted by molar-refractivity contribution is 7.15. The molecule has 0 radical (unpaired) electrons. The van der Waals surface area contributed by atoms with Crippen molar-refractivity contribution < 1.29 is 4.39 Å². The number of halogens is 1. The quantitative estimate of drug-likeness (QED) is 0.613. The van der Waals surface area contributed by atoms with Crippen LogP contribution in [0.5, 0.6) is 0 Å². The molecular formula is C20H23FN6S. The number of aromatic nitrogens is 2. The molecule has 6 nitrogen and oxygen atoms in total. The lowest BCUT2D eigenvalue weighted by molar-refractivity contribution is 0.360. The van der Waals surface area contributed by atoms with Crippen LogP contribution in [0.2, 0.25) is 0 Å². The van der Waals surface area contributed by atoms with Crippen LogP contribution in [0, 0.1) is 12.9 Å². The van der Waals surface area contributed by atoms with Gasteiger partial charge < -0.3 is 9.91 Å². The molecule has 0 unspecified atom stereocenters. The highest BCUT2D eigenvalue weighted by Crippen LogP contribution is 2.34. The standard InChI is InChI=1S/C20H23FN6S/c1-4-15(16-9-10-22-26(16)3)23-19-13(2)28-20(25-19)14-7-8-17(24-18(14)21)27-11-5-6-12-27/h4,7-9,22H,1,5-6,10-12H2,2-3H3. The Morgan fingerprint density at radius 2 is 2.11 bits per heavy atom. The molecule has 0 saturated carbocycles. The number of nitrogens with one attached hydrogen (secondary N) is 1. The topological polar surface area (TPSA) is 56.7 Å². The molecule has 0 aromatic carbocycles. The third-order valence-electron chi connectivity index (χ3n) is 4.93. The second-order valence-corrected chi connectivity index (χ2v) is 8.02. The van der Waals surface area contributed by atoms with E-state index >= 15 is 0 Å². The van der Waals surface area contributed by atoms with E-state index in [1.165, 1.54) is 11.3 Å². The first-order valence-corrected chi connectivity index (χ1v) is 10.2. The number of thiazole rings is 1. The van der Waals surface area contributed by atoms with Crippen molar-refractivity contribution in [1.29, 1.82) is 0 Å². The first kappa shape index (κ1) is 18.8. The van der Waals surface area contributed by atoms with Crippen LogP contribution in [0.3, 0.4) is 0 Å². The fraction of sp³-hybridized carbons (Fsp3) is 0.350. The normalized spacial score (nSPS) is 17.4. The number of aryl methyl sites for hydroxylation is 1. The Balaban J connectivity index is 1.64. The number of aliphatic imine (C=N–C) groups is 1. The molecule has 0 amide bonds. The van der Waals surface area contributed by atoms with E-state index < -0.39 is 5.95 Å². The molecule has 4 rings (SSSR count). The van der Waals surface area contributed by atoms with Gasteiger partial charge in [-0.3, -0.25) is 0 Å². The number of nitrogens with zero attached hydrogens (tertiary/aromatic N) is 5. The van der Waals surface area contributed by atoms with Crippen molar-refractivity contribution in [2.24, 2.45) is 4.99 Å². The second kappa shape index (κ2) is 7.81. The van der Waals surface area contributed by atoms with E-state index in [0.29, 0.717) is 22.2 Å². The van der Waals surface area contributed by atoms with Crippen LogP contribution >= 0.6 is 11.3 Å². The average molecular weight is 399 g/mol. The highest BCUT2D eigenvalue weighted by Gasteiger charge is 2.19. The van der Waals surface area contributed by atoms with E-state index in [1.807, 2.05) is 31.1 Å². The number of pyridine rings is 1. The van der Waals surface area contributed by atoms with Gasteiger partial charge in [0.15, 0.2) is 5.82 Å². The van der Waals surface area contributed by atoms with E-state index in [0.717, 1.165) is 48.8 Å². The summed E-state index contributed by atoms with van der Waals surface area (Å²) in [4.78, 5) is 16.4. The number of hydrazine groups is 1. The molecule has 4 heterocycles. The molecule has 0 spiro atoms. The molecule has 1 fully saturated rings. The van der Waals surface area contributed by atoms with Crippen LogP contribution in [-0.4, -0.2) is 47.4 Å². The molecule has 28 heavy (non-hydrogen) atoms. The Kier molecular flexibility index (Phi) is 5.23. The summed E-state index contributed by atoms with van der Waals surface area (Å²) in [6.07, 6.45) is 6.01. The van der Waals surface area contributed by atoms with Crippen molar-refractivity contribution in [2.75, 3.05) is 31.6 Å². The lowest BCUT2D eigenvalue weighted by Gasteiger charge is -2.16. The van der Waals surface area contributed by atoms with Gasteiger partial charge in [0.25, 0.3) is 0 Å². The Bertz CT molecular complexity index is 958. The summed E-state index contributed by atoms with van der Waals surface area (Å²) < 4.78 is 14.7. The van der Waals surface area contributed by atoms with Crippen molar-refractivity contribution in [1.82, 2.24) is 20.4 Å². The fourth-order valence-corrected chi connectivity index (χ4v) is 4.28. The SMILES string of the molecule is C=CC(=Nc1nc(-c2ccc(N3CCCC3)nc2F)sc1C)C1=CCNN1C. The summed E-state index contributed by atoms with van der Waals surface area (Å²) in [5.74, 6) is 0.794. The van der Waals surface area contributed by atoms with Gasteiger partial charge in [0.1, 0.15) is 10.8 Å². The van der Waals surface area contributed by atoms with Crippen molar-refractivity contribution in [3.05, 3.63) is 47.4 Å². The molecule has 2 aromatic rings. The van der Waals surface area contributed by atoms with Gasteiger partial charge in [-0.25, -0.2) is 20.4 Å². The summed E-state index contributed by atoms with van der Waals surface area (Å²) in [5, 5.41) is 2.49. The van der Waals surface area contributed by atoms with Crippen molar-refractivity contribution >= 4 is 28.7 Å².